The molecule has 0 saturated heterocycles. The Bertz CT molecular complexity index is 1560. The molecular formula is C41H45N. The highest BCUT2D eigenvalue weighted by Gasteiger charge is 2.27. The summed E-state index contributed by atoms with van der Waals surface area (Å²) in [5.74, 6) is 2.02. The molecule has 4 aromatic rings. The molecule has 3 aliphatic rings. The lowest BCUT2D eigenvalue weighted by molar-refractivity contribution is 0.385. The van der Waals surface area contributed by atoms with Crippen molar-refractivity contribution in [1.82, 2.24) is 0 Å². The molecule has 0 amide bonds. The average Bonchev–Trinajstić information content (AvgIpc) is 3.07. The van der Waals surface area contributed by atoms with E-state index in [-0.39, 0.29) is 0 Å². The Morgan fingerprint density at radius 2 is 1.14 bits per heavy atom. The molecule has 1 unspecified atom stereocenters. The first-order chi connectivity index (χ1) is 20.7. The molecule has 4 aromatic carbocycles. The lowest BCUT2D eigenvalue weighted by Crippen LogP contribution is -2.25. The van der Waals surface area contributed by atoms with E-state index in [0.717, 1.165) is 11.8 Å². The standard InChI is InChI=1S/C41H45N/c1-30-28-37(32-12-6-3-7-13-32)22-27-41(30)42(39-23-18-34(19-24-39)31-10-4-2-5-11-31)40-25-20-35(21-26-40)38-17-16-33-14-8-9-15-36(33)29-38/h8-9,14-27,29-32H,2-7,10-13,28H2,1H3. The highest BCUT2D eigenvalue weighted by atomic mass is 15.2. The van der Waals surface area contributed by atoms with Crippen LogP contribution < -0.4 is 4.90 Å². The van der Waals surface area contributed by atoms with Crippen LogP contribution in [-0.2, 0) is 0 Å². The van der Waals surface area contributed by atoms with Crippen LogP contribution in [0.25, 0.3) is 21.9 Å². The Morgan fingerprint density at radius 1 is 0.548 bits per heavy atom. The number of nitrogens with zero attached hydrogens (tertiary/aromatic N) is 1. The molecular weight excluding hydrogens is 506 g/mol. The first-order valence-electron chi connectivity index (χ1n) is 16.6. The summed E-state index contributed by atoms with van der Waals surface area (Å²) in [5, 5.41) is 2.58. The fraction of sp³-hybridized carbons (Fsp3) is 0.366. The third-order valence-corrected chi connectivity index (χ3v) is 10.3. The molecule has 0 N–H and O–H groups in total. The van der Waals surface area contributed by atoms with Crippen LogP contribution in [0.2, 0.25) is 0 Å². The summed E-state index contributed by atoms with van der Waals surface area (Å²) >= 11 is 0. The van der Waals surface area contributed by atoms with Gasteiger partial charge < -0.3 is 4.90 Å². The molecule has 214 valence electrons. The van der Waals surface area contributed by atoms with Gasteiger partial charge in [-0.3, -0.25) is 0 Å². The van der Waals surface area contributed by atoms with Gasteiger partial charge in [0.2, 0.25) is 0 Å². The first-order valence-corrected chi connectivity index (χ1v) is 16.6. The molecule has 0 bridgehead atoms. The van der Waals surface area contributed by atoms with Crippen LogP contribution in [0.1, 0.15) is 89.0 Å². The number of anilines is 2. The van der Waals surface area contributed by atoms with Crippen molar-refractivity contribution in [2.24, 2.45) is 11.8 Å². The van der Waals surface area contributed by atoms with Gasteiger partial charge >= 0.3 is 0 Å². The molecule has 0 heterocycles. The van der Waals surface area contributed by atoms with Crippen LogP contribution in [0.4, 0.5) is 11.4 Å². The summed E-state index contributed by atoms with van der Waals surface area (Å²) in [5.41, 5.74) is 9.69. The summed E-state index contributed by atoms with van der Waals surface area (Å²) in [6.45, 7) is 2.44. The van der Waals surface area contributed by atoms with Gasteiger partial charge in [0.15, 0.2) is 0 Å². The Labute approximate surface area is 253 Å². The van der Waals surface area contributed by atoms with Crippen molar-refractivity contribution < 1.29 is 0 Å². The van der Waals surface area contributed by atoms with E-state index >= 15 is 0 Å². The first kappa shape index (κ1) is 27.3. The van der Waals surface area contributed by atoms with Gasteiger partial charge in [0.1, 0.15) is 0 Å². The normalized spacial score (nSPS) is 20.3. The van der Waals surface area contributed by atoms with Gasteiger partial charge in [0.25, 0.3) is 0 Å². The average molecular weight is 552 g/mol. The van der Waals surface area contributed by atoms with Gasteiger partial charge in [-0.05, 0) is 108 Å². The number of fused-ring (bicyclic) bond motifs is 1. The van der Waals surface area contributed by atoms with E-state index in [9.17, 15) is 0 Å². The molecule has 2 saturated carbocycles. The van der Waals surface area contributed by atoms with E-state index in [1.807, 2.05) is 0 Å². The van der Waals surface area contributed by atoms with Gasteiger partial charge in [-0.15, -0.1) is 0 Å². The Kier molecular flexibility index (Phi) is 8.01. The van der Waals surface area contributed by atoms with Gasteiger partial charge in [-0.2, -0.15) is 0 Å². The smallest absolute Gasteiger partial charge is 0.0458 e. The summed E-state index contributed by atoms with van der Waals surface area (Å²) in [7, 11) is 0. The SMILES string of the molecule is CC1CC(C2CCCCC2)=CC=C1N(c1ccc(-c2ccc3ccccc3c2)cc1)c1ccc(C2CCCCC2)cc1. The minimum absolute atomic E-state index is 0.491. The van der Waals surface area contributed by atoms with Crippen LogP contribution >= 0.6 is 0 Å². The lowest BCUT2D eigenvalue weighted by atomic mass is 9.78. The molecule has 0 spiro atoms. The number of allylic oxidation sites excluding steroid dienone is 4. The Morgan fingerprint density at radius 3 is 1.81 bits per heavy atom. The Balaban J connectivity index is 1.23. The maximum atomic E-state index is 2.54. The monoisotopic (exact) mass is 551 g/mol. The van der Waals surface area contributed by atoms with E-state index in [1.54, 1.807) is 5.57 Å². The number of hydrogen-bond acceptors (Lipinski definition) is 1. The topological polar surface area (TPSA) is 3.24 Å². The summed E-state index contributed by atoms with van der Waals surface area (Å²) < 4.78 is 0. The van der Waals surface area contributed by atoms with Gasteiger partial charge in [-0.25, -0.2) is 0 Å². The van der Waals surface area contributed by atoms with Crippen molar-refractivity contribution in [2.45, 2.75) is 83.5 Å². The molecule has 0 radical (unpaired) electrons. The number of hydrogen-bond donors (Lipinski definition) is 0. The van der Waals surface area contributed by atoms with E-state index < -0.39 is 0 Å². The third kappa shape index (κ3) is 5.71. The fourth-order valence-electron chi connectivity index (χ4n) is 7.90. The number of rotatable bonds is 6. The van der Waals surface area contributed by atoms with Crippen LogP contribution in [0.3, 0.4) is 0 Å². The quantitative estimate of drug-likeness (QED) is 0.230. The lowest BCUT2D eigenvalue weighted by Gasteiger charge is -2.36. The minimum Gasteiger partial charge on any atom is -0.314 e. The molecule has 0 aromatic heterocycles. The zero-order valence-corrected chi connectivity index (χ0v) is 25.3. The zero-order chi connectivity index (χ0) is 28.3. The highest BCUT2D eigenvalue weighted by Crippen LogP contribution is 2.42. The maximum Gasteiger partial charge on any atom is 0.0458 e. The van der Waals surface area contributed by atoms with E-state index in [4.69, 9.17) is 0 Å². The predicted molar refractivity (Wildman–Crippen MR) is 180 cm³/mol. The van der Waals surface area contributed by atoms with Crippen LogP contribution in [-0.4, -0.2) is 0 Å². The highest BCUT2D eigenvalue weighted by molar-refractivity contribution is 5.87. The second-order valence-electron chi connectivity index (χ2n) is 13.1. The van der Waals surface area contributed by atoms with Crippen LogP contribution in [0.5, 0.6) is 0 Å². The summed E-state index contributed by atoms with van der Waals surface area (Å²) in [6, 6.07) is 34.3. The molecule has 2 fully saturated rings. The van der Waals surface area contributed by atoms with Crippen LogP contribution in [0, 0.1) is 11.8 Å². The zero-order valence-electron chi connectivity index (χ0n) is 25.3. The van der Waals surface area contributed by atoms with E-state index in [2.05, 4.69) is 115 Å². The minimum atomic E-state index is 0.491. The molecule has 0 aliphatic heterocycles. The van der Waals surface area contributed by atoms with Crippen molar-refractivity contribution in [2.75, 3.05) is 4.90 Å². The second kappa shape index (κ2) is 12.3. The third-order valence-electron chi connectivity index (χ3n) is 10.3. The Hall–Kier alpha value is -3.58. The summed E-state index contributed by atoms with van der Waals surface area (Å²) in [4.78, 5) is 2.54. The van der Waals surface area contributed by atoms with Crippen molar-refractivity contribution >= 4 is 22.1 Å². The van der Waals surface area contributed by atoms with Crippen molar-refractivity contribution in [3.8, 4) is 11.1 Å². The summed E-state index contributed by atoms with van der Waals surface area (Å²) in [6.07, 6.45) is 19.9. The number of benzene rings is 4. The predicted octanol–water partition coefficient (Wildman–Crippen LogP) is 12.1. The van der Waals surface area contributed by atoms with Crippen molar-refractivity contribution in [1.29, 1.82) is 0 Å². The van der Waals surface area contributed by atoms with Crippen LogP contribution in [0.15, 0.2) is 114 Å². The van der Waals surface area contributed by atoms with Gasteiger partial charge in [0, 0.05) is 23.0 Å². The van der Waals surface area contributed by atoms with Crippen molar-refractivity contribution in [3.63, 3.8) is 0 Å². The van der Waals surface area contributed by atoms with Gasteiger partial charge in [0.05, 0.1) is 0 Å². The molecule has 42 heavy (non-hydrogen) atoms. The van der Waals surface area contributed by atoms with Crippen molar-refractivity contribution in [3.05, 3.63) is 120 Å². The van der Waals surface area contributed by atoms with Gasteiger partial charge in [-0.1, -0.05) is 118 Å². The van der Waals surface area contributed by atoms with E-state index in [1.165, 1.54) is 115 Å². The largest absolute Gasteiger partial charge is 0.314 e. The molecule has 1 nitrogen and oxygen atoms in total. The molecule has 1 atom stereocenters. The second-order valence-corrected chi connectivity index (χ2v) is 13.1. The molecule has 1 heteroatoms. The molecule has 7 rings (SSSR count). The molecule has 3 aliphatic carbocycles. The maximum absolute atomic E-state index is 2.54. The van der Waals surface area contributed by atoms with E-state index in [0.29, 0.717) is 5.92 Å². The fourth-order valence-corrected chi connectivity index (χ4v) is 7.90.